The molecule has 3 aromatic rings. The fourth-order valence-corrected chi connectivity index (χ4v) is 5.84. The molecule has 0 unspecified atom stereocenters. The van der Waals surface area contributed by atoms with Gasteiger partial charge in [-0.1, -0.05) is 55.0 Å². The molecule has 0 saturated carbocycles. The lowest BCUT2D eigenvalue weighted by Crippen LogP contribution is -2.54. The van der Waals surface area contributed by atoms with E-state index >= 15 is 0 Å². The van der Waals surface area contributed by atoms with Gasteiger partial charge in [0.2, 0.25) is 5.91 Å². The number of quaternary nitrogens is 1. The molecule has 0 bridgehead atoms. The van der Waals surface area contributed by atoms with Crippen LogP contribution < -0.4 is 10.6 Å². The largest absolute Gasteiger partial charge is 0.456 e. The van der Waals surface area contributed by atoms with Gasteiger partial charge in [0.05, 0.1) is 44.5 Å². The first kappa shape index (κ1) is 36.5. The van der Waals surface area contributed by atoms with Crippen molar-refractivity contribution in [1.82, 2.24) is 4.90 Å². The second-order valence-corrected chi connectivity index (χ2v) is 14.1. The van der Waals surface area contributed by atoms with E-state index in [4.69, 9.17) is 9.47 Å². The van der Waals surface area contributed by atoms with Crippen molar-refractivity contribution in [2.24, 2.45) is 0 Å². The Morgan fingerprint density at radius 1 is 0.875 bits per heavy atom. The number of nitrogens with zero attached hydrogens (tertiary/aromatic N) is 2. The van der Waals surface area contributed by atoms with E-state index in [1.165, 1.54) is 0 Å². The maximum absolute atomic E-state index is 12.8. The molecule has 3 aromatic carbocycles. The van der Waals surface area contributed by atoms with Gasteiger partial charge in [0.25, 0.3) is 0 Å². The van der Waals surface area contributed by atoms with Gasteiger partial charge in [0.1, 0.15) is 11.7 Å². The third-order valence-electron chi connectivity index (χ3n) is 8.82. The number of esters is 1. The Morgan fingerprint density at radius 2 is 1.54 bits per heavy atom. The zero-order valence-corrected chi connectivity index (χ0v) is 29.3. The number of rotatable bonds is 14. The number of carbonyl (C=O) groups excluding carboxylic acids is 3. The molecule has 258 valence electrons. The minimum atomic E-state index is -0.517. The number of likely N-dealkylation sites (tertiary alicyclic amines) is 1. The molecule has 0 spiro atoms. The summed E-state index contributed by atoms with van der Waals surface area (Å²) >= 11 is 0. The number of hydrogen-bond acceptors (Lipinski definition) is 6. The average Bonchev–Trinajstić information content (AvgIpc) is 3.06. The highest BCUT2D eigenvalue weighted by atomic mass is 16.6. The number of likely N-dealkylation sites (N-methyl/N-ethyl adjacent to an activating group) is 2. The number of unbranched alkanes of at least 4 members (excludes halogenated alkanes) is 2. The highest BCUT2D eigenvalue weighted by Crippen LogP contribution is 2.28. The molecule has 1 fully saturated rings. The van der Waals surface area contributed by atoms with Crippen LogP contribution in [0.2, 0.25) is 0 Å². The van der Waals surface area contributed by atoms with Crippen LogP contribution in [0.5, 0.6) is 0 Å². The number of benzene rings is 3. The predicted molar refractivity (Wildman–Crippen MR) is 192 cm³/mol. The van der Waals surface area contributed by atoms with Gasteiger partial charge < -0.3 is 24.2 Å². The van der Waals surface area contributed by atoms with E-state index in [0.717, 1.165) is 85.3 Å². The second kappa shape index (κ2) is 17.2. The number of para-hydroxylation sites is 1. The quantitative estimate of drug-likeness (QED) is 0.105. The lowest BCUT2D eigenvalue weighted by Gasteiger charge is -2.41. The predicted octanol–water partition coefficient (Wildman–Crippen LogP) is 7.60. The fourth-order valence-electron chi connectivity index (χ4n) is 5.84. The molecule has 2 amide bonds. The molecule has 0 atom stereocenters. The topological polar surface area (TPSA) is 97.0 Å². The minimum Gasteiger partial charge on any atom is -0.456 e. The van der Waals surface area contributed by atoms with E-state index in [9.17, 15) is 14.4 Å². The SMILES string of the molecule is CN(CC[N+]1(C)CCC(OC(=O)Nc2ccccc2-c2ccccc2)CC1)C(=O)CCCCCNc1ccc(C(=O)OC(C)(C)C)cc1. The summed E-state index contributed by atoms with van der Waals surface area (Å²) in [5.41, 5.74) is 3.71. The van der Waals surface area contributed by atoms with E-state index in [1.807, 2.05) is 99.4 Å². The third-order valence-corrected chi connectivity index (χ3v) is 8.82. The van der Waals surface area contributed by atoms with Crippen LogP contribution in [0.4, 0.5) is 16.2 Å². The van der Waals surface area contributed by atoms with Crippen LogP contribution in [-0.4, -0.2) is 85.9 Å². The Kier molecular flexibility index (Phi) is 13.0. The Balaban J connectivity index is 1.08. The van der Waals surface area contributed by atoms with Gasteiger partial charge in [0, 0.05) is 44.1 Å². The maximum atomic E-state index is 12.8. The van der Waals surface area contributed by atoms with Crippen molar-refractivity contribution in [1.29, 1.82) is 0 Å². The highest BCUT2D eigenvalue weighted by Gasteiger charge is 2.32. The van der Waals surface area contributed by atoms with Crippen LogP contribution in [0.3, 0.4) is 0 Å². The molecule has 9 heteroatoms. The van der Waals surface area contributed by atoms with E-state index in [0.29, 0.717) is 18.5 Å². The third kappa shape index (κ3) is 11.7. The van der Waals surface area contributed by atoms with Crippen LogP contribution in [0.25, 0.3) is 11.1 Å². The van der Waals surface area contributed by atoms with Gasteiger partial charge in [-0.05, 0) is 69.5 Å². The van der Waals surface area contributed by atoms with Crippen molar-refractivity contribution < 1.29 is 28.3 Å². The van der Waals surface area contributed by atoms with Gasteiger partial charge in [-0.3, -0.25) is 10.1 Å². The highest BCUT2D eigenvalue weighted by molar-refractivity contribution is 5.91. The maximum Gasteiger partial charge on any atom is 0.411 e. The van der Waals surface area contributed by atoms with Crippen LogP contribution >= 0.6 is 0 Å². The molecule has 4 rings (SSSR count). The van der Waals surface area contributed by atoms with Crippen molar-refractivity contribution in [2.75, 3.05) is 57.5 Å². The molecule has 0 radical (unpaired) electrons. The first-order valence-corrected chi connectivity index (χ1v) is 17.2. The molecular weight excluding hydrogens is 604 g/mol. The van der Waals surface area contributed by atoms with Crippen molar-refractivity contribution in [2.45, 2.75) is 71.0 Å². The summed E-state index contributed by atoms with van der Waals surface area (Å²) in [6, 6.07) is 25.1. The number of nitrogens with one attached hydrogen (secondary N) is 2. The van der Waals surface area contributed by atoms with Crippen molar-refractivity contribution in [3.05, 3.63) is 84.4 Å². The lowest BCUT2D eigenvalue weighted by molar-refractivity contribution is -0.914. The molecule has 0 aliphatic carbocycles. The van der Waals surface area contributed by atoms with Crippen LogP contribution in [0, 0.1) is 0 Å². The summed E-state index contributed by atoms with van der Waals surface area (Å²) in [6.45, 7) is 9.75. The van der Waals surface area contributed by atoms with Crippen molar-refractivity contribution >= 4 is 29.3 Å². The van der Waals surface area contributed by atoms with E-state index in [2.05, 4.69) is 17.7 Å². The molecule has 1 saturated heterocycles. The summed E-state index contributed by atoms with van der Waals surface area (Å²) in [7, 11) is 4.12. The van der Waals surface area contributed by atoms with E-state index in [1.54, 1.807) is 12.1 Å². The summed E-state index contributed by atoms with van der Waals surface area (Å²) in [5, 5.41) is 6.33. The minimum absolute atomic E-state index is 0.120. The normalized spacial score (nSPS) is 17.6. The Morgan fingerprint density at radius 3 is 2.23 bits per heavy atom. The van der Waals surface area contributed by atoms with Gasteiger partial charge in [-0.25, -0.2) is 9.59 Å². The molecular formula is C39H53N4O5+. The number of piperidine rings is 1. The Labute approximate surface area is 286 Å². The average molecular weight is 658 g/mol. The zero-order valence-electron chi connectivity index (χ0n) is 29.3. The Hall–Kier alpha value is -4.37. The van der Waals surface area contributed by atoms with Gasteiger partial charge in [-0.15, -0.1) is 0 Å². The molecule has 2 N–H and O–H groups in total. The van der Waals surface area contributed by atoms with Gasteiger partial charge >= 0.3 is 12.1 Å². The van der Waals surface area contributed by atoms with Crippen LogP contribution in [0.15, 0.2) is 78.9 Å². The summed E-state index contributed by atoms with van der Waals surface area (Å²) < 4.78 is 12.1. The molecule has 48 heavy (non-hydrogen) atoms. The first-order valence-electron chi connectivity index (χ1n) is 17.2. The zero-order chi connectivity index (χ0) is 34.6. The molecule has 0 aromatic heterocycles. The van der Waals surface area contributed by atoms with E-state index in [-0.39, 0.29) is 18.0 Å². The fraction of sp³-hybridized carbons (Fsp3) is 0.462. The molecule has 9 nitrogen and oxygen atoms in total. The van der Waals surface area contributed by atoms with Gasteiger partial charge in [0.15, 0.2) is 0 Å². The summed E-state index contributed by atoms with van der Waals surface area (Å²) in [6.07, 6.45) is 4.37. The number of anilines is 2. The number of carbonyl (C=O) groups is 3. The van der Waals surface area contributed by atoms with Crippen LogP contribution in [-0.2, 0) is 14.3 Å². The summed E-state index contributed by atoms with van der Waals surface area (Å²) in [5.74, 6) is -0.143. The van der Waals surface area contributed by atoms with Crippen molar-refractivity contribution in [3.63, 3.8) is 0 Å². The smallest absolute Gasteiger partial charge is 0.411 e. The van der Waals surface area contributed by atoms with Gasteiger partial charge in [-0.2, -0.15) is 0 Å². The monoisotopic (exact) mass is 657 g/mol. The standard InChI is InChI=1S/C39H52N4O5/c1-39(2,3)48-37(45)31-19-21-32(22-20-31)40-25-13-7-10-18-36(44)42(4)26-29-43(5)27-23-33(24-28-43)47-38(46)41-35-17-12-11-16-34(35)30-14-8-6-9-15-30/h6,8-9,11-12,14-17,19-22,33H,7,10,13,18,23-29H2,1-5H3,(H-,40,41,45,46)/p+1. The lowest BCUT2D eigenvalue weighted by atomic mass is 10.0. The molecule has 1 aliphatic rings. The van der Waals surface area contributed by atoms with Crippen LogP contribution in [0.1, 0.15) is 69.7 Å². The van der Waals surface area contributed by atoms with E-state index < -0.39 is 11.7 Å². The second-order valence-electron chi connectivity index (χ2n) is 14.1. The van der Waals surface area contributed by atoms with Crippen molar-refractivity contribution in [3.8, 4) is 11.1 Å². The summed E-state index contributed by atoms with van der Waals surface area (Å²) in [4.78, 5) is 39.6. The first-order chi connectivity index (χ1) is 22.9. The molecule has 1 heterocycles. The number of hydrogen-bond donors (Lipinski definition) is 2. The molecule has 1 aliphatic heterocycles. The number of ether oxygens (including phenoxy) is 2. The number of amides is 2. The Bertz CT molecular complexity index is 1480.